The predicted molar refractivity (Wildman–Crippen MR) is 59.2 cm³/mol. The van der Waals surface area contributed by atoms with Crippen LogP contribution in [-0.4, -0.2) is 11.8 Å². The van der Waals surface area contributed by atoms with Crippen molar-refractivity contribution < 1.29 is 0 Å². The number of hydrogen-bond acceptors (Lipinski definition) is 2. The molecule has 1 aromatic rings. The molecule has 0 radical (unpaired) electrons. The van der Waals surface area contributed by atoms with Gasteiger partial charge in [-0.15, -0.1) is 11.8 Å². The normalized spacial score (nSPS) is 27.8. The largest absolute Gasteiger partial charge is 0.298 e. The fourth-order valence-corrected chi connectivity index (χ4v) is 3.06. The molecule has 2 atom stereocenters. The summed E-state index contributed by atoms with van der Waals surface area (Å²) in [6.45, 7) is 2.20. The standard InChI is InChI=1S/C10H12ClNS/c1-7-6-13-10(12-7)8-4-2-3-5-9(8)11/h2-5,7,10,12H,6H2,1H3. The lowest BCUT2D eigenvalue weighted by Gasteiger charge is -2.12. The average molecular weight is 214 g/mol. The Morgan fingerprint density at radius 2 is 2.23 bits per heavy atom. The first-order valence-corrected chi connectivity index (χ1v) is 5.82. The van der Waals surface area contributed by atoms with E-state index in [0.717, 1.165) is 10.8 Å². The number of benzene rings is 1. The highest BCUT2D eigenvalue weighted by molar-refractivity contribution is 7.99. The van der Waals surface area contributed by atoms with Crippen LogP contribution in [0.1, 0.15) is 17.9 Å². The van der Waals surface area contributed by atoms with Gasteiger partial charge < -0.3 is 0 Å². The predicted octanol–water partition coefficient (Wildman–Crippen LogP) is 3.06. The van der Waals surface area contributed by atoms with E-state index in [-0.39, 0.29) is 0 Å². The van der Waals surface area contributed by atoms with E-state index in [9.17, 15) is 0 Å². The molecule has 2 unspecified atom stereocenters. The molecule has 1 aliphatic rings. The van der Waals surface area contributed by atoms with Crippen molar-refractivity contribution in [1.82, 2.24) is 5.32 Å². The van der Waals surface area contributed by atoms with Crippen molar-refractivity contribution in [2.75, 3.05) is 5.75 Å². The van der Waals surface area contributed by atoms with Gasteiger partial charge in [-0.25, -0.2) is 0 Å². The summed E-state index contributed by atoms with van der Waals surface area (Å²) < 4.78 is 0. The fraction of sp³-hybridized carbons (Fsp3) is 0.400. The topological polar surface area (TPSA) is 12.0 Å². The molecule has 1 nitrogen and oxygen atoms in total. The van der Waals surface area contributed by atoms with E-state index >= 15 is 0 Å². The van der Waals surface area contributed by atoms with Crippen molar-refractivity contribution in [2.45, 2.75) is 18.3 Å². The molecule has 1 saturated heterocycles. The van der Waals surface area contributed by atoms with Crippen LogP contribution in [-0.2, 0) is 0 Å². The number of rotatable bonds is 1. The van der Waals surface area contributed by atoms with Crippen molar-refractivity contribution in [3.63, 3.8) is 0 Å². The maximum absolute atomic E-state index is 6.10. The van der Waals surface area contributed by atoms with Gasteiger partial charge in [0.1, 0.15) is 0 Å². The average Bonchev–Trinajstić information content (AvgIpc) is 2.53. The summed E-state index contributed by atoms with van der Waals surface area (Å²) in [6, 6.07) is 8.63. The summed E-state index contributed by atoms with van der Waals surface area (Å²) in [7, 11) is 0. The zero-order valence-electron chi connectivity index (χ0n) is 7.46. The first-order valence-electron chi connectivity index (χ1n) is 4.39. The second kappa shape index (κ2) is 3.91. The Hall–Kier alpha value is -0.180. The highest BCUT2D eigenvalue weighted by Crippen LogP contribution is 2.35. The molecular weight excluding hydrogens is 202 g/mol. The Bertz CT molecular complexity index is 303. The van der Waals surface area contributed by atoms with Gasteiger partial charge in [-0.2, -0.15) is 0 Å². The maximum atomic E-state index is 6.10. The maximum Gasteiger partial charge on any atom is 0.0806 e. The van der Waals surface area contributed by atoms with Crippen molar-refractivity contribution in [2.24, 2.45) is 0 Å². The number of nitrogens with one attached hydrogen (secondary N) is 1. The minimum absolute atomic E-state index is 0.378. The van der Waals surface area contributed by atoms with Gasteiger partial charge in [-0.1, -0.05) is 29.8 Å². The summed E-state index contributed by atoms with van der Waals surface area (Å²) in [5.41, 5.74) is 1.21. The monoisotopic (exact) mass is 213 g/mol. The van der Waals surface area contributed by atoms with Crippen LogP contribution >= 0.6 is 23.4 Å². The summed E-state index contributed by atoms with van der Waals surface area (Å²) in [5.74, 6) is 1.16. The minimum Gasteiger partial charge on any atom is -0.298 e. The Balaban J connectivity index is 2.21. The van der Waals surface area contributed by atoms with Crippen molar-refractivity contribution >= 4 is 23.4 Å². The third-order valence-corrected chi connectivity index (χ3v) is 3.90. The molecule has 0 bridgehead atoms. The zero-order valence-corrected chi connectivity index (χ0v) is 9.03. The van der Waals surface area contributed by atoms with Crippen LogP contribution in [0.25, 0.3) is 0 Å². The van der Waals surface area contributed by atoms with Gasteiger partial charge in [0, 0.05) is 16.8 Å². The van der Waals surface area contributed by atoms with E-state index in [1.807, 2.05) is 30.0 Å². The van der Waals surface area contributed by atoms with E-state index in [4.69, 9.17) is 11.6 Å². The van der Waals surface area contributed by atoms with E-state index in [1.165, 1.54) is 5.56 Å². The molecule has 1 aromatic carbocycles. The summed E-state index contributed by atoms with van der Waals surface area (Å²) in [4.78, 5) is 0. The zero-order chi connectivity index (χ0) is 9.26. The molecular formula is C10H12ClNS. The lowest BCUT2D eigenvalue weighted by Crippen LogP contribution is -2.22. The van der Waals surface area contributed by atoms with E-state index < -0.39 is 0 Å². The van der Waals surface area contributed by atoms with E-state index in [1.54, 1.807) is 0 Å². The SMILES string of the molecule is CC1CSC(c2ccccc2Cl)N1. The van der Waals surface area contributed by atoms with Crippen molar-refractivity contribution in [3.8, 4) is 0 Å². The molecule has 0 aliphatic carbocycles. The molecule has 0 amide bonds. The van der Waals surface area contributed by atoms with Crippen molar-refractivity contribution in [1.29, 1.82) is 0 Å². The Morgan fingerprint density at radius 1 is 1.46 bits per heavy atom. The van der Waals surface area contributed by atoms with Crippen LogP contribution in [0.4, 0.5) is 0 Å². The highest BCUT2D eigenvalue weighted by atomic mass is 35.5. The molecule has 0 aromatic heterocycles. The Kier molecular flexibility index (Phi) is 2.82. The first kappa shape index (κ1) is 9.38. The van der Waals surface area contributed by atoms with Crippen LogP contribution in [0.2, 0.25) is 5.02 Å². The lowest BCUT2D eigenvalue weighted by molar-refractivity contribution is 0.618. The molecule has 70 valence electrons. The van der Waals surface area contributed by atoms with Gasteiger partial charge in [-0.3, -0.25) is 5.32 Å². The smallest absolute Gasteiger partial charge is 0.0806 e. The van der Waals surface area contributed by atoms with E-state index in [0.29, 0.717) is 11.4 Å². The van der Waals surface area contributed by atoms with Crippen LogP contribution in [0.3, 0.4) is 0 Å². The van der Waals surface area contributed by atoms with Gasteiger partial charge >= 0.3 is 0 Å². The summed E-state index contributed by atoms with van der Waals surface area (Å²) in [5, 5.41) is 4.73. The first-order chi connectivity index (χ1) is 6.27. The third-order valence-electron chi connectivity index (χ3n) is 2.14. The number of halogens is 1. The van der Waals surface area contributed by atoms with Crippen LogP contribution in [0, 0.1) is 0 Å². The summed E-state index contributed by atoms with van der Waals surface area (Å²) in [6.07, 6.45) is 0. The number of thioether (sulfide) groups is 1. The van der Waals surface area contributed by atoms with Gasteiger partial charge in [0.05, 0.1) is 5.37 Å². The molecule has 1 aliphatic heterocycles. The minimum atomic E-state index is 0.378. The Morgan fingerprint density at radius 3 is 2.85 bits per heavy atom. The van der Waals surface area contributed by atoms with Crippen LogP contribution < -0.4 is 5.32 Å². The molecule has 1 fully saturated rings. The third kappa shape index (κ3) is 2.01. The molecule has 1 heterocycles. The molecule has 3 heteroatoms. The van der Waals surface area contributed by atoms with Gasteiger partial charge in [0.15, 0.2) is 0 Å². The second-order valence-corrected chi connectivity index (χ2v) is 4.85. The molecule has 13 heavy (non-hydrogen) atoms. The summed E-state index contributed by atoms with van der Waals surface area (Å²) >= 11 is 8.02. The fourth-order valence-electron chi connectivity index (χ4n) is 1.46. The van der Waals surface area contributed by atoms with Crippen LogP contribution in [0.15, 0.2) is 24.3 Å². The highest BCUT2D eigenvalue weighted by Gasteiger charge is 2.23. The van der Waals surface area contributed by atoms with Gasteiger partial charge in [0.25, 0.3) is 0 Å². The van der Waals surface area contributed by atoms with Crippen molar-refractivity contribution in [3.05, 3.63) is 34.9 Å². The Labute approximate surface area is 87.9 Å². The van der Waals surface area contributed by atoms with Gasteiger partial charge in [0.2, 0.25) is 0 Å². The molecule has 0 saturated carbocycles. The molecule has 0 spiro atoms. The second-order valence-electron chi connectivity index (χ2n) is 3.30. The van der Waals surface area contributed by atoms with E-state index in [2.05, 4.69) is 18.3 Å². The van der Waals surface area contributed by atoms with Gasteiger partial charge in [-0.05, 0) is 18.6 Å². The van der Waals surface area contributed by atoms with Crippen LogP contribution in [0.5, 0.6) is 0 Å². The number of hydrogen-bond donors (Lipinski definition) is 1. The lowest BCUT2D eigenvalue weighted by atomic mass is 10.2. The molecule has 2 rings (SSSR count). The quantitative estimate of drug-likeness (QED) is 0.770. The molecule has 1 N–H and O–H groups in total.